The summed E-state index contributed by atoms with van der Waals surface area (Å²) in [5.74, 6) is 0. The van der Waals surface area contributed by atoms with E-state index in [0.717, 1.165) is 17.7 Å². The van der Waals surface area contributed by atoms with E-state index in [9.17, 15) is 4.39 Å². The van der Waals surface area contributed by atoms with Crippen molar-refractivity contribution < 1.29 is 4.39 Å². The molecule has 0 fully saturated rings. The first-order valence-corrected chi connectivity index (χ1v) is 3.80. The third kappa shape index (κ3) is 1.14. The van der Waals surface area contributed by atoms with Crippen LogP contribution in [-0.4, -0.2) is 6.54 Å². The Bertz CT molecular complexity index is 259. The number of alkyl halides is 1. The molecule has 0 saturated heterocycles. The van der Waals surface area contributed by atoms with Gasteiger partial charge in [0.25, 0.3) is 0 Å². The van der Waals surface area contributed by atoms with Crippen LogP contribution in [0, 0.1) is 0 Å². The Hall–Kier alpha value is -0.890. The highest BCUT2D eigenvalue weighted by atomic mass is 19.1. The molecule has 1 aromatic rings. The molecule has 0 unspecified atom stereocenters. The first kappa shape index (κ1) is 6.80. The quantitative estimate of drug-likeness (QED) is 0.596. The van der Waals surface area contributed by atoms with Crippen LogP contribution >= 0.6 is 0 Å². The fourth-order valence-corrected chi connectivity index (χ4v) is 1.44. The lowest BCUT2D eigenvalue weighted by Gasteiger charge is -2.19. The second-order valence-corrected chi connectivity index (χ2v) is 2.80. The van der Waals surface area contributed by atoms with E-state index in [-0.39, 0.29) is 0 Å². The van der Waals surface area contributed by atoms with Crippen LogP contribution in [0.5, 0.6) is 0 Å². The maximum Gasteiger partial charge on any atom is 0.138 e. The molecule has 2 rings (SSSR count). The number of halogens is 1. The molecule has 1 aliphatic rings. The first-order chi connectivity index (χ1) is 5.38. The molecule has 58 valence electrons. The van der Waals surface area contributed by atoms with E-state index in [4.69, 9.17) is 0 Å². The molecular formula is C9H10FN. The highest BCUT2D eigenvalue weighted by Crippen LogP contribution is 2.23. The highest BCUT2D eigenvalue weighted by molar-refractivity contribution is 5.30. The fourth-order valence-electron chi connectivity index (χ4n) is 1.44. The van der Waals surface area contributed by atoms with Crippen molar-refractivity contribution in [1.82, 2.24) is 5.32 Å². The topological polar surface area (TPSA) is 12.0 Å². The lowest BCUT2D eigenvalue weighted by atomic mass is 10.0. The van der Waals surface area contributed by atoms with E-state index in [1.165, 1.54) is 0 Å². The zero-order chi connectivity index (χ0) is 7.68. The molecule has 1 nitrogen and oxygen atoms in total. The minimum Gasteiger partial charge on any atom is -0.309 e. The molecule has 0 aliphatic carbocycles. The van der Waals surface area contributed by atoms with Crippen molar-refractivity contribution in [3.63, 3.8) is 0 Å². The van der Waals surface area contributed by atoms with Crippen molar-refractivity contribution in [2.24, 2.45) is 0 Å². The average molecular weight is 151 g/mol. The van der Waals surface area contributed by atoms with Gasteiger partial charge < -0.3 is 5.32 Å². The minimum absolute atomic E-state index is 0.455. The number of hydrogen-bond acceptors (Lipinski definition) is 1. The summed E-state index contributed by atoms with van der Waals surface area (Å²) >= 11 is 0. The Morgan fingerprint density at radius 2 is 2.18 bits per heavy atom. The van der Waals surface area contributed by atoms with Crippen molar-refractivity contribution in [1.29, 1.82) is 0 Å². The molecular weight excluding hydrogens is 141 g/mol. The van der Waals surface area contributed by atoms with Gasteiger partial charge in [0.2, 0.25) is 0 Å². The van der Waals surface area contributed by atoms with Gasteiger partial charge in [0.05, 0.1) is 0 Å². The van der Waals surface area contributed by atoms with Crippen LogP contribution in [0.15, 0.2) is 24.3 Å². The van der Waals surface area contributed by atoms with Gasteiger partial charge in [0, 0.05) is 13.1 Å². The normalized spacial score (nSPS) is 22.8. The molecule has 0 saturated carbocycles. The Labute approximate surface area is 65.2 Å². The van der Waals surface area contributed by atoms with Crippen LogP contribution in [0.25, 0.3) is 0 Å². The summed E-state index contributed by atoms with van der Waals surface area (Å²) in [7, 11) is 0. The minimum atomic E-state index is -0.819. The van der Waals surface area contributed by atoms with Gasteiger partial charge in [-0.1, -0.05) is 24.3 Å². The van der Waals surface area contributed by atoms with Crippen molar-refractivity contribution in [2.45, 2.75) is 12.7 Å². The van der Waals surface area contributed by atoms with Gasteiger partial charge in [0.15, 0.2) is 0 Å². The first-order valence-electron chi connectivity index (χ1n) is 3.80. The molecule has 0 radical (unpaired) electrons. The molecule has 2 heteroatoms. The van der Waals surface area contributed by atoms with Gasteiger partial charge in [-0.25, -0.2) is 4.39 Å². The van der Waals surface area contributed by atoms with Gasteiger partial charge >= 0.3 is 0 Å². The summed E-state index contributed by atoms with van der Waals surface area (Å²) in [6.45, 7) is 1.26. The molecule has 11 heavy (non-hydrogen) atoms. The molecule has 1 heterocycles. The maximum absolute atomic E-state index is 13.1. The van der Waals surface area contributed by atoms with E-state index in [0.29, 0.717) is 6.54 Å². The molecule has 0 bridgehead atoms. The Balaban J connectivity index is 2.44. The zero-order valence-electron chi connectivity index (χ0n) is 6.18. The average Bonchev–Trinajstić information content (AvgIpc) is 2.06. The standard InChI is InChI=1S/C9H10FN/c10-9-6-11-5-7-3-1-2-4-8(7)9/h1-4,9,11H,5-6H2/t9-/m1/s1. The summed E-state index contributed by atoms with van der Waals surface area (Å²) in [6.07, 6.45) is -0.819. The molecule has 0 amide bonds. The lowest BCUT2D eigenvalue weighted by Crippen LogP contribution is -2.25. The number of benzene rings is 1. The summed E-state index contributed by atoms with van der Waals surface area (Å²) in [5, 5.41) is 3.02. The van der Waals surface area contributed by atoms with Crippen molar-refractivity contribution in [3.05, 3.63) is 35.4 Å². The third-order valence-electron chi connectivity index (χ3n) is 2.03. The van der Waals surface area contributed by atoms with Crippen LogP contribution in [-0.2, 0) is 6.54 Å². The predicted octanol–water partition coefficient (Wildman–Crippen LogP) is 1.80. The summed E-state index contributed by atoms with van der Waals surface area (Å²) in [4.78, 5) is 0. The molecule has 1 aromatic carbocycles. The van der Waals surface area contributed by atoms with Crippen molar-refractivity contribution in [2.75, 3.05) is 6.54 Å². The Morgan fingerprint density at radius 3 is 3.00 bits per heavy atom. The second-order valence-electron chi connectivity index (χ2n) is 2.80. The molecule has 1 aliphatic heterocycles. The largest absolute Gasteiger partial charge is 0.309 e. The van der Waals surface area contributed by atoms with E-state index >= 15 is 0 Å². The van der Waals surface area contributed by atoms with E-state index < -0.39 is 6.17 Å². The van der Waals surface area contributed by atoms with Gasteiger partial charge in [-0.2, -0.15) is 0 Å². The zero-order valence-corrected chi connectivity index (χ0v) is 6.18. The smallest absolute Gasteiger partial charge is 0.138 e. The van der Waals surface area contributed by atoms with Crippen molar-refractivity contribution >= 4 is 0 Å². The van der Waals surface area contributed by atoms with Gasteiger partial charge in [0.1, 0.15) is 6.17 Å². The van der Waals surface area contributed by atoms with Gasteiger partial charge in [-0.3, -0.25) is 0 Å². The van der Waals surface area contributed by atoms with Crippen LogP contribution in [0.1, 0.15) is 17.3 Å². The summed E-state index contributed by atoms with van der Waals surface area (Å²) in [6, 6.07) is 7.66. The molecule has 0 aromatic heterocycles. The fraction of sp³-hybridized carbons (Fsp3) is 0.333. The predicted molar refractivity (Wildman–Crippen MR) is 42.0 cm³/mol. The molecule has 1 N–H and O–H groups in total. The van der Waals surface area contributed by atoms with Gasteiger partial charge in [-0.15, -0.1) is 0 Å². The number of nitrogens with one attached hydrogen (secondary N) is 1. The lowest BCUT2D eigenvalue weighted by molar-refractivity contribution is 0.310. The monoisotopic (exact) mass is 151 g/mol. The number of hydrogen-bond donors (Lipinski definition) is 1. The number of rotatable bonds is 0. The van der Waals surface area contributed by atoms with Crippen LogP contribution in [0.3, 0.4) is 0 Å². The highest BCUT2D eigenvalue weighted by Gasteiger charge is 2.17. The molecule has 0 spiro atoms. The van der Waals surface area contributed by atoms with E-state index in [1.54, 1.807) is 0 Å². The maximum atomic E-state index is 13.1. The van der Waals surface area contributed by atoms with Crippen LogP contribution in [0.4, 0.5) is 4.39 Å². The van der Waals surface area contributed by atoms with Crippen LogP contribution in [0.2, 0.25) is 0 Å². The summed E-state index contributed by atoms with van der Waals surface area (Å²) in [5.41, 5.74) is 1.94. The summed E-state index contributed by atoms with van der Waals surface area (Å²) < 4.78 is 13.1. The third-order valence-corrected chi connectivity index (χ3v) is 2.03. The number of fused-ring (bicyclic) bond motifs is 1. The Kier molecular flexibility index (Phi) is 1.62. The Morgan fingerprint density at radius 1 is 1.36 bits per heavy atom. The van der Waals surface area contributed by atoms with Crippen molar-refractivity contribution in [3.8, 4) is 0 Å². The second kappa shape index (κ2) is 2.62. The van der Waals surface area contributed by atoms with E-state index in [1.807, 2.05) is 24.3 Å². The SMILES string of the molecule is F[C@@H]1CNCc2ccccc21. The van der Waals surface area contributed by atoms with Gasteiger partial charge in [-0.05, 0) is 11.1 Å². The molecule has 1 atom stereocenters. The van der Waals surface area contributed by atoms with E-state index in [2.05, 4.69) is 5.32 Å². The van der Waals surface area contributed by atoms with Crippen LogP contribution < -0.4 is 5.32 Å².